The van der Waals surface area contributed by atoms with Crippen LogP contribution in [-0.2, 0) is 23.8 Å². The summed E-state index contributed by atoms with van der Waals surface area (Å²) in [6.07, 6.45) is -0.465. The number of carbonyl (C=O) groups excluding carboxylic acids is 2. The Kier molecular flexibility index (Phi) is 3.72. The van der Waals surface area contributed by atoms with Gasteiger partial charge in [0, 0.05) is 24.9 Å². The average Bonchev–Trinajstić information content (AvgIpc) is 3.09. The van der Waals surface area contributed by atoms with Gasteiger partial charge in [-0.3, -0.25) is 9.59 Å². The monoisotopic (exact) mass is 312 g/mol. The Morgan fingerprint density at radius 2 is 2.14 bits per heavy atom. The fourth-order valence-corrected chi connectivity index (χ4v) is 4.18. The number of esters is 2. The number of ether oxygens (including phenoxy) is 3. The molecule has 3 rings (SSSR count). The minimum Gasteiger partial charge on any atom is -0.458 e. The maximum Gasteiger partial charge on any atom is 0.311 e. The third-order valence-corrected chi connectivity index (χ3v) is 5.86. The van der Waals surface area contributed by atoms with Gasteiger partial charge in [-0.05, 0) is 26.7 Å². The zero-order valence-corrected chi connectivity index (χ0v) is 13.4. The van der Waals surface area contributed by atoms with Crippen LogP contribution < -0.4 is 0 Å². The molecule has 0 aromatic carbocycles. The molecule has 0 aromatic rings. The summed E-state index contributed by atoms with van der Waals surface area (Å²) in [6.45, 7) is 5.62. The highest BCUT2D eigenvalue weighted by atomic mass is 16.6. The quantitative estimate of drug-likeness (QED) is 0.605. The van der Waals surface area contributed by atoms with Gasteiger partial charge in [0.1, 0.15) is 12.2 Å². The van der Waals surface area contributed by atoms with E-state index in [0.717, 1.165) is 6.42 Å². The van der Waals surface area contributed by atoms with Crippen LogP contribution in [0.1, 0.15) is 33.6 Å². The summed E-state index contributed by atoms with van der Waals surface area (Å²) in [7, 11) is 1.41. The lowest BCUT2D eigenvalue weighted by atomic mass is 9.78. The van der Waals surface area contributed by atoms with E-state index in [1.165, 1.54) is 7.11 Å². The van der Waals surface area contributed by atoms with E-state index in [9.17, 15) is 14.7 Å². The summed E-state index contributed by atoms with van der Waals surface area (Å²) >= 11 is 0. The highest BCUT2D eigenvalue weighted by Crippen LogP contribution is 2.59. The largest absolute Gasteiger partial charge is 0.458 e. The first kappa shape index (κ1) is 15.7. The van der Waals surface area contributed by atoms with Gasteiger partial charge < -0.3 is 19.3 Å². The molecule has 0 radical (unpaired) electrons. The van der Waals surface area contributed by atoms with Gasteiger partial charge in [-0.2, -0.15) is 0 Å². The number of aliphatic hydroxyl groups is 1. The van der Waals surface area contributed by atoms with E-state index in [4.69, 9.17) is 14.2 Å². The Morgan fingerprint density at radius 3 is 2.73 bits per heavy atom. The lowest BCUT2D eigenvalue weighted by Gasteiger charge is -2.35. The van der Waals surface area contributed by atoms with E-state index in [0.29, 0.717) is 6.42 Å². The standard InChI is InChI=1S/C16H24O6/c1-5-16(2,3)15(19)22-12-7-6-8-10(9(7)13(17)20-4)14(18)21-11(8)12/h7-13,17H,5-6H2,1-4H3. The summed E-state index contributed by atoms with van der Waals surface area (Å²) in [5.41, 5.74) is -0.570. The maximum absolute atomic E-state index is 12.4. The predicted molar refractivity (Wildman–Crippen MR) is 75.4 cm³/mol. The van der Waals surface area contributed by atoms with E-state index in [1.54, 1.807) is 0 Å². The van der Waals surface area contributed by atoms with Crippen LogP contribution >= 0.6 is 0 Å². The number of hydrogen-bond acceptors (Lipinski definition) is 6. The molecule has 1 N–H and O–H groups in total. The molecule has 0 amide bonds. The normalized spacial score (nSPS) is 40.7. The molecule has 1 heterocycles. The van der Waals surface area contributed by atoms with Crippen molar-refractivity contribution < 1.29 is 28.9 Å². The third kappa shape index (κ3) is 2.07. The molecule has 2 bridgehead atoms. The zero-order chi connectivity index (χ0) is 16.2. The van der Waals surface area contributed by atoms with Crippen molar-refractivity contribution in [1.29, 1.82) is 0 Å². The van der Waals surface area contributed by atoms with Gasteiger partial charge in [-0.25, -0.2) is 0 Å². The van der Waals surface area contributed by atoms with Crippen LogP contribution in [-0.4, -0.2) is 42.7 Å². The number of hydrogen-bond donors (Lipinski definition) is 1. The molecule has 6 nitrogen and oxygen atoms in total. The van der Waals surface area contributed by atoms with Crippen molar-refractivity contribution in [1.82, 2.24) is 0 Å². The van der Waals surface area contributed by atoms with Crippen molar-refractivity contribution in [2.45, 2.75) is 52.1 Å². The summed E-state index contributed by atoms with van der Waals surface area (Å²) in [5, 5.41) is 10.1. The second-order valence-electron chi connectivity index (χ2n) is 7.30. The molecule has 7 atom stereocenters. The Bertz CT molecular complexity index is 487. The highest BCUT2D eigenvalue weighted by molar-refractivity contribution is 5.79. The fourth-order valence-electron chi connectivity index (χ4n) is 4.18. The van der Waals surface area contributed by atoms with Crippen LogP contribution in [0, 0.1) is 29.1 Å². The fraction of sp³-hybridized carbons (Fsp3) is 0.875. The minimum atomic E-state index is -1.04. The number of carbonyl (C=O) groups is 2. The molecule has 2 aliphatic carbocycles. The van der Waals surface area contributed by atoms with E-state index in [1.807, 2.05) is 20.8 Å². The first-order valence-corrected chi connectivity index (χ1v) is 7.94. The molecule has 6 heteroatoms. The molecule has 1 saturated heterocycles. The predicted octanol–water partition coefficient (Wildman–Crippen LogP) is 1.11. The van der Waals surface area contributed by atoms with Crippen molar-refractivity contribution in [3.05, 3.63) is 0 Å². The molecule has 22 heavy (non-hydrogen) atoms. The lowest BCUT2D eigenvalue weighted by molar-refractivity contribution is -0.179. The van der Waals surface area contributed by atoms with Gasteiger partial charge in [0.15, 0.2) is 6.29 Å². The molecule has 1 aliphatic heterocycles. The molecule has 7 unspecified atom stereocenters. The molecule has 124 valence electrons. The van der Waals surface area contributed by atoms with E-state index in [-0.39, 0.29) is 41.7 Å². The van der Waals surface area contributed by atoms with Crippen LogP contribution in [0.25, 0.3) is 0 Å². The Labute approximate surface area is 130 Å². The van der Waals surface area contributed by atoms with Gasteiger partial charge in [-0.1, -0.05) is 6.92 Å². The van der Waals surface area contributed by atoms with Crippen LogP contribution in [0.15, 0.2) is 0 Å². The maximum atomic E-state index is 12.4. The van der Waals surface area contributed by atoms with Gasteiger partial charge in [0.05, 0.1) is 11.3 Å². The van der Waals surface area contributed by atoms with Crippen LogP contribution in [0.2, 0.25) is 0 Å². The topological polar surface area (TPSA) is 82.1 Å². The average molecular weight is 312 g/mol. The van der Waals surface area contributed by atoms with Crippen LogP contribution in [0.5, 0.6) is 0 Å². The highest BCUT2D eigenvalue weighted by Gasteiger charge is 2.69. The van der Waals surface area contributed by atoms with Crippen molar-refractivity contribution in [2.75, 3.05) is 7.11 Å². The smallest absolute Gasteiger partial charge is 0.311 e. The van der Waals surface area contributed by atoms with E-state index < -0.39 is 17.8 Å². The van der Waals surface area contributed by atoms with Crippen molar-refractivity contribution in [3.63, 3.8) is 0 Å². The molecule has 0 aromatic heterocycles. The van der Waals surface area contributed by atoms with E-state index >= 15 is 0 Å². The number of rotatable bonds is 5. The summed E-state index contributed by atoms with van der Waals surface area (Å²) in [5.74, 6) is -1.33. The van der Waals surface area contributed by atoms with Crippen molar-refractivity contribution in [3.8, 4) is 0 Å². The number of fused-ring (bicyclic) bond motifs is 1. The Balaban J connectivity index is 1.82. The van der Waals surface area contributed by atoms with Crippen LogP contribution in [0.3, 0.4) is 0 Å². The molecule has 2 saturated carbocycles. The second kappa shape index (κ2) is 5.20. The summed E-state index contributed by atoms with van der Waals surface area (Å²) < 4.78 is 16.2. The van der Waals surface area contributed by atoms with Gasteiger partial charge in [0.2, 0.25) is 0 Å². The Hall–Kier alpha value is -1.14. The lowest BCUT2D eigenvalue weighted by Crippen LogP contribution is -2.46. The first-order chi connectivity index (χ1) is 10.3. The van der Waals surface area contributed by atoms with Gasteiger partial charge >= 0.3 is 11.9 Å². The number of aliphatic hydroxyl groups excluding tert-OH is 1. The van der Waals surface area contributed by atoms with Crippen molar-refractivity contribution in [2.24, 2.45) is 29.1 Å². The molecular formula is C16H24O6. The Morgan fingerprint density at radius 1 is 1.45 bits per heavy atom. The van der Waals surface area contributed by atoms with E-state index in [2.05, 4.69) is 0 Å². The van der Waals surface area contributed by atoms with Crippen LogP contribution in [0.4, 0.5) is 0 Å². The molecular weight excluding hydrogens is 288 g/mol. The van der Waals surface area contributed by atoms with Crippen molar-refractivity contribution >= 4 is 11.9 Å². The zero-order valence-electron chi connectivity index (χ0n) is 13.4. The molecule has 0 spiro atoms. The second-order valence-corrected chi connectivity index (χ2v) is 7.30. The van der Waals surface area contributed by atoms with Gasteiger partial charge in [-0.15, -0.1) is 0 Å². The van der Waals surface area contributed by atoms with Gasteiger partial charge in [0.25, 0.3) is 0 Å². The SMILES string of the molecule is CCC(C)(C)C(=O)OC1C2CC3C1OC(=O)C3C2C(O)OC. The molecule has 3 aliphatic rings. The summed E-state index contributed by atoms with van der Waals surface area (Å²) in [4.78, 5) is 24.5. The first-order valence-electron chi connectivity index (χ1n) is 7.94. The third-order valence-electron chi connectivity index (χ3n) is 5.86. The summed E-state index contributed by atoms with van der Waals surface area (Å²) in [6, 6.07) is 0. The minimum absolute atomic E-state index is 0.0230. The molecule has 3 fully saturated rings. The number of methoxy groups -OCH3 is 1.